The Bertz CT molecular complexity index is 619. The van der Waals surface area contributed by atoms with Crippen molar-refractivity contribution in [2.45, 2.75) is 45.6 Å². The Morgan fingerprint density at radius 2 is 1.95 bits per heavy atom. The van der Waals surface area contributed by atoms with Gasteiger partial charge in [0.15, 0.2) is 12.2 Å². The van der Waals surface area contributed by atoms with Gasteiger partial charge in [-0.2, -0.15) is 4.57 Å². The molecule has 1 heterocycles. The molecule has 2 rings (SSSR count). The van der Waals surface area contributed by atoms with Crippen LogP contribution in [0.1, 0.15) is 45.6 Å². The van der Waals surface area contributed by atoms with E-state index in [1.807, 2.05) is 0 Å². The number of hydrogen-bond donors (Lipinski definition) is 0. The molecule has 21 heavy (non-hydrogen) atoms. The van der Waals surface area contributed by atoms with Gasteiger partial charge in [0, 0.05) is 17.5 Å². The molecule has 1 aromatic heterocycles. The predicted molar refractivity (Wildman–Crippen MR) is 91.3 cm³/mol. The normalized spacial score (nSPS) is 13.3. The maximum absolute atomic E-state index is 4.08. The van der Waals surface area contributed by atoms with Crippen LogP contribution in [0.5, 0.6) is 0 Å². The minimum absolute atomic E-state index is 0.248. The molecule has 1 unspecified atom stereocenters. The molecule has 0 N–H and O–H groups in total. The minimum Gasteiger partial charge on any atom is -0.188 e. The van der Waals surface area contributed by atoms with Gasteiger partial charge in [-0.1, -0.05) is 44.6 Å². The highest BCUT2D eigenvalue weighted by Gasteiger charge is 2.21. The van der Waals surface area contributed by atoms with Crippen LogP contribution in [-0.4, -0.2) is 0 Å². The molecule has 0 fully saturated rings. The summed E-state index contributed by atoms with van der Waals surface area (Å²) in [6.07, 6.45) is 11.4. The van der Waals surface area contributed by atoms with Crippen molar-refractivity contribution in [3.8, 4) is 0 Å². The van der Waals surface area contributed by atoms with E-state index < -0.39 is 0 Å². The third-order valence-corrected chi connectivity index (χ3v) is 4.08. The second-order valence-corrected chi connectivity index (χ2v) is 5.48. The zero-order valence-electron chi connectivity index (χ0n) is 13.3. The molecule has 0 saturated carbocycles. The Morgan fingerprint density at radius 3 is 2.67 bits per heavy atom. The summed E-state index contributed by atoms with van der Waals surface area (Å²) >= 11 is 0. The molecule has 0 aliphatic carbocycles. The zero-order valence-corrected chi connectivity index (χ0v) is 13.3. The Morgan fingerprint density at radius 1 is 1.19 bits per heavy atom. The van der Waals surface area contributed by atoms with Gasteiger partial charge in [-0.3, -0.25) is 0 Å². The number of para-hydroxylation sites is 1. The molecular formula is C20H26N+. The zero-order chi connectivity index (χ0) is 15.1. The SMILES string of the molecule is C=CC(C(=CC)CCCCC)[n+]1cccc2ccccc21. The van der Waals surface area contributed by atoms with Gasteiger partial charge in [0.05, 0.1) is 0 Å². The molecular weight excluding hydrogens is 254 g/mol. The Labute approximate surface area is 128 Å². The van der Waals surface area contributed by atoms with Gasteiger partial charge in [-0.25, -0.2) is 0 Å². The highest BCUT2D eigenvalue weighted by atomic mass is 15.0. The lowest BCUT2D eigenvalue weighted by atomic mass is 9.99. The van der Waals surface area contributed by atoms with Crippen molar-refractivity contribution in [3.05, 3.63) is 66.9 Å². The van der Waals surface area contributed by atoms with Gasteiger partial charge in [0.2, 0.25) is 5.52 Å². The molecule has 0 aliphatic heterocycles. The number of allylic oxidation sites excluding steroid dienone is 3. The molecule has 1 heteroatoms. The van der Waals surface area contributed by atoms with Gasteiger partial charge in [-0.05, 0) is 43.5 Å². The van der Waals surface area contributed by atoms with Crippen LogP contribution in [0, 0.1) is 0 Å². The summed E-state index contributed by atoms with van der Waals surface area (Å²) in [7, 11) is 0. The number of pyridine rings is 1. The van der Waals surface area contributed by atoms with Crippen LogP contribution in [0.25, 0.3) is 10.9 Å². The molecule has 0 amide bonds. The van der Waals surface area contributed by atoms with Gasteiger partial charge in [0.1, 0.15) is 0 Å². The summed E-state index contributed by atoms with van der Waals surface area (Å²) < 4.78 is 2.34. The summed E-state index contributed by atoms with van der Waals surface area (Å²) in [5.74, 6) is 0. The average molecular weight is 280 g/mol. The molecule has 0 saturated heterocycles. The van der Waals surface area contributed by atoms with E-state index in [0.29, 0.717) is 0 Å². The van der Waals surface area contributed by atoms with Gasteiger partial charge < -0.3 is 0 Å². The predicted octanol–water partition coefficient (Wildman–Crippen LogP) is 5.38. The first kappa shape index (κ1) is 15.5. The molecule has 2 aromatic rings. The van der Waals surface area contributed by atoms with Crippen LogP contribution in [0.2, 0.25) is 0 Å². The van der Waals surface area contributed by atoms with Crippen LogP contribution in [0.4, 0.5) is 0 Å². The maximum atomic E-state index is 4.08. The topological polar surface area (TPSA) is 3.88 Å². The van der Waals surface area contributed by atoms with Crippen molar-refractivity contribution in [3.63, 3.8) is 0 Å². The fraction of sp³-hybridized carbons (Fsp3) is 0.350. The van der Waals surface area contributed by atoms with Crippen molar-refractivity contribution in [2.75, 3.05) is 0 Å². The smallest absolute Gasteiger partial charge is 0.188 e. The third-order valence-electron chi connectivity index (χ3n) is 4.08. The number of benzene rings is 1. The lowest BCUT2D eigenvalue weighted by molar-refractivity contribution is -0.679. The van der Waals surface area contributed by atoms with E-state index in [0.717, 1.165) is 6.42 Å². The highest BCUT2D eigenvalue weighted by Crippen LogP contribution is 2.22. The highest BCUT2D eigenvalue weighted by molar-refractivity contribution is 5.75. The second-order valence-electron chi connectivity index (χ2n) is 5.48. The van der Waals surface area contributed by atoms with E-state index in [4.69, 9.17) is 0 Å². The van der Waals surface area contributed by atoms with Crippen LogP contribution >= 0.6 is 0 Å². The molecule has 0 spiro atoms. The lowest BCUT2D eigenvalue weighted by Crippen LogP contribution is -2.39. The number of aromatic nitrogens is 1. The van der Waals surface area contributed by atoms with E-state index in [1.54, 1.807) is 0 Å². The molecule has 0 radical (unpaired) electrons. The summed E-state index contributed by atoms with van der Waals surface area (Å²) in [4.78, 5) is 0. The molecule has 0 bridgehead atoms. The van der Waals surface area contributed by atoms with Crippen molar-refractivity contribution in [1.29, 1.82) is 0 Å². The molecule has 0 aliphatic rings. The molecule has 1 aromatic carbocycles. The van der Waals surface area contributed by atoms with Crippen LogP contribution in [0.3, 0.4) is 0 Å². The number of hydrogen-bond acceptors (Lipinski definition) is 0. The number of unbranched alkanes of at least 4 members (excludes halogenated alkanes) is 2. The number of rotatable bonds is 7. The second kappa shape index (κ2) is 7.78. The van der Waals surface area contributed by atoms with E-state index in [2.05, 4.69) is 79.7 Å². The number of fused-ring (bicyclic) bond motifs is 1. The van der Waals surface area contributed by atoms with Crippen molar-refractivity contribution < 1.29 is 4.57 Å². The summed E-state index contributed by atoms with van der Waals surface area (Å²) in [5, 5.41) is 1.27. The van der Waals surface area contributed by atoms with Crippen molar-refractivity contribution >= 4 is 10.9 Å². The first-order chi connectivity index (χ1) is 10.3. The lowest BCUT2D eigenvalue weighted by Gasteiger charge is -2.14. The molecule has 110 valence electrons. The van der Waals surface area contributed by atoms with Crippen molar-refractivity contribution in [2.24, 2.45) is 0 Å². The first-order valence-corrected chi connectivity index (χ1v) is 7.98. The van der Waals surface area contributed by atoms with Gasteiger partial charge in [0.25, 0.3) is 0 Å². The van der Waals surface area contributed by atoms with E-state index in [9.17, 15) is 0 Å². The van der Waals surface area contributed by atoms with Gasteiger partial charge >= 0.3 is 0 Å². The Balaban J connectivity index is 2.36. The molecule has 1 nitrogen and oxygen atoms in total. The first-order valence-electron chi connectivity index (χ1n) is 7.98. The summed E-state index contributed by atoms with van der Waals surface area (Å²) in [6, 6.07) is 13.1. The number of nitrogens with zero attached hydrogens (tertiary/aromatic N) is 1. The maximum Gasteiger partial charge on any atom is 0.213 e. The van der Waals surface area contributed by atoms with E-state index in [1.165, 1.54) is 35.7 Å². The summed E-state index contributed by atoms with van der Waals surface area (Å²) in [6.45, 7) is 8.47. The van der Waals surface area contributed by atoms with Crippen LogP contribution in [0.15, 0.2) is 66.9 Å². The quantitative estimate of drug-likeness (QED) is 0.364. The fourth-order valence-corrected chi connectivity index (χ4v) is 2.91. The minimum atomic E-state index is 0.248. The largest absolute Gasteiger partial charge is 0.213 e. The van der Waals surface area contributed by atoms with Crippen LogP contribution < -0.4 is 4.57 Å². The average Bonchev–Trinajstić information content (AvgIpc) is 2.54. The van der Waals surface area contributed by atoms with Gasteiger partial charge in [-0.15, -0.1) is 0 Å². The standard InChI is InChI=1S/C20H26N/c1-4-7-8-12-17(5-2)19(6-3)21-16-11-14-18-13-9-10-15-20(18)21/h5-6,9-11,13-16,19H,3-4,7-8,12H2,1-2H3/q+1. The van der Waals surface area contributed by atoms with E-state index >= 15 is 0 Å². The van der Waals surface area contributed by atoms with Crippen LogP contribution in [-0.2, 0) is 0 Å². The molecule has 1 atom stereocenters. The third kappa shape index (κ3) is 3.60. The van der Waals surface area contributed by atoms with Crippen molar-refractivity contribution in [1.82, 2.24) is 0 Å². The van der Waals surface area contributed by atoms with E-state index in [-0.39, 0.29) is 6.04 Å². The Hall–Kier alpha value is -1.89. The monoisotopic (exact) mass is 280 g/mol. The fourth-order valence-electron chi connectivity index (χ4n) is 2.91. The summed E-state index contributed by atoms with van der Waals surface area (Å²) in [5.41, 5.74) is 2.72. The Kier molecular flexibility index (Phi) is 5.74.